The topological polar surface area (TPSA) is 49.3 Å². The first-order valence-corrected chi connectivity index (χ1v) is 6.24. The third-order valence-corrected chi connectivity index (χ3v) is 3.08. The lowest BCUT2D eigenvalue weighted by Crippen LogP contribution is -2.13. The molecule has 98 valence electrons. The Kier molecular flexibility index (Phi) is 4.31. The number of hydrogen-bond acceptors (Lipinski definition) is 2. The predicted octanol–water partition coefficient (Wildman–Crippen LogP) is 2.98. The lowest BCUT2D eigenvalue weighted by molar-refractivity contribution is 0.0696. The molecule has 0 aliphatic rings. The van der Waals surface area contributed by atoms with Crippen LogP contribution in [0.1, 0.15) is 27.0 Å². The van der Waals surface area contributed by atoms with Crippen molar-refractivity contribution in [1.82, 2.24) is 5.32 Å². The second kappa shape index (κ2) is 6.16. The van der Waals surface area contributed by atoms with E-state index >= 15 is 0 Å². The van der Waals surface area contributed by atoms with Crippen LogP contribution in [0.3, 0.4) is 0 Å². The number of carbonyl (C=O) groups is 1. The summed E-state index contributed by atoms with van der Waals surface area (Å²) < 4.78 is 0. The van der Waals surface area contributed by atoms with Gasteiger partial charge < -0.3 is 10.4 Å². The van der Waals surface area contributed by atoms with E-state index in [1.54, 1.807) is 18.2 Å². The Labute approximate surface area is 112 Å². The highest BCUT2D eigenvalue weighted by Crippen LogP contribution is 2.08. The summed E-state index contributed by atoms with van der Waals surface area (Å²) in [5.74, 6) is -0.888. The Balaban J connectivity index is 1.94. The van der Waals surface area contributed by atoms with Crippen LogP contribution >= 0.6 is 0 Å². The molecule has 0 radical (unpaired) electrons. The van der Waals surface area contributed by atoms with Gasteiger partial charge in [0.15, 0.2) is 0 Å². The first-order chi connectivity index (χ1) is 9.16. The Bertz CT molecular complexity index is 578. The van der Waals surface area contributed by atoms with Crippen LogP contribution in [0, 0.1) is 6.92 Å². The van der Waals surface area contributed by atoms with E-state index < -0.39 is 5.97 Å². The van der Waals surface area contributed by atoms with Gasteiger partial charge in [-0.2, -0.15) is 0 Å². The van der Waals surface area contributed by atoms with Crippen molar-refractivity contribution >= 4 is 5.97 Å². The number of hydrogen-bond donors (Lipinski definition) is 2. The van der Waals surface area contributed by atoms with Crippen molar-refractivity contribution in [2.45, 2.75) is 20.0 Å². The standard InChI is InChI=1S/C16H17NO2/c1-12-5-2-3-7-15(12)11-17-10-13-6-4-8-14(9-13)16(18)19/h2-9,17H,10-11H2,1H3,(H,18,19). The average molecular weight is 255 g/mol. The highest BCUT2D eigenvalue weighted by Gasteiger charge is 2.03. The van der Waals surface area contributed by atoms with E-state index in [1.165, 1.54) is 11.1 Å². The van der Waals surface area contributed by atoms with Gasteiger partial charge in [-0.05, 0) is 35.7 Å². The van der Waals surface area contributed by atoms with E-state index in [0.717, 1.165) is 12.1 Å². The summed E-state index contributed by atoms with van der Waals surface area (Å²) in [6.07, 6.45) is 0. The molecule has 0 spiro atoms. The number of aryl methyl sites for hydroxylation is 1. The smallest absolute Gasteiger partial charge is 0.335 e. The normalized spacial score (nSPS) is 10.4. The van der Waals surface area contributed by atoms with Gasteiger partial charge in [0, 0.05) is 13.1 Å². The van der Waals surface area contributed by atoms with Crippen molar-refractivity contribution in [1.29, 1.82) is 0 Å². The van der Waals surface area contributed by atoms with Gasteiger partial charge in [0.25, 0.3) is 0 Å². The van der Waals surface area contributed by atoms with Gasteiger partial charge in [0.1, 0.15) is 0 Å². The zero-order valence-electron chi connectivity index (χ0n) is 10.9. The van der Waals surface area contributed by atoms with E-state index in [2.05, 4.69) is 24.4 Å². The van der Waals surface area contributed by atoms with Crippen LogP contribution in [0.5, 0.6) is 0 Å². The molecule has 0 amide bonds. The first kappa shape index (κ1) is 13.3. The summed E-state index contributed by atoms with van der Waals surface area (Å²) in [6, 6.07) is 15.2. The summed E-state index contributed by atoms with van der Waals surface area (Å²) in [6.45, 7) is 3.53. The molecule has 3 nitrogen and oxygen atoms in total. The molecule has 2 aromatic carbocycles. The second-order valence-electron chi connectivity index (χ2n) is 4.54. The molecule has 2 rings (SSSR count). The van der Waals surface area contributed by atoms with Crippen molar-refractivity contribution in [3.8, 4) is 0 Å². The van der Waals surface area contributed by atoms with Gasteiger partial charge >= 0.3 is 5.97 Å². The van der Waals surface area contributed by atoms with Crippen LogP contribution < -0.4 is 5.32 Å². The minimum atomic E-state index is -0.888. The zero-order chi connectivity index (χ0) is 13.7. The van der Waals surface area contributed by atoms with Gasteiger partial charge in [-0.15, -0.1) is 0 Å². The Morgan fingerprint density at radius 1 is 1.11 bits per heavy atom. The summed E-state index contributed by atoms with van der Waals surface area (Å²) >= 11 is 0. The number of nitrogens with one attached hydrogen (secondary N) is 1. The van der Waals surface area contributed by atoms with Crippen LogP contribution in [0.15, 0.2) is 48.5 Å². The third-order valence-electron chi connectivity index (χ3n) is 3.08. The van der Waals surface area contributed by atoms with Crippen molar-refractivity contribution in [3.05, 3.63) is 70.8 Å². The third kappa shape index (κ3) is 3.66. The van der Waals surface area contributed by atoms with E-state index in [0.29, 0.717) is 12.1 Å². The quantitative estimate of drug-likeness (QED) is 0.863. The molecular weight excluding hydrogens is 238 g/mol. The van der Waals surface area contributed by atoms with Gasteiger partial charge in [-0.1, -0.05) is 36.4 Å². The molecule has 0 bridgehead atoms. The molecule has 0 saturated heterocycles. The number of carboxylic acid groups (broad SMARTS) is 1. The highest BCUT2D eigenvalue weighted by atomic mass is 16.4. The number of benzene rings is 2. The molecule has 2 aromatic rings. The Hall–Kier alpha value is -2.13. The summed E-state index contributed by atoms with van der Waals surface area (Å²) in [5, 5.41) is 12.3. The molecule has 0 aliphatic carbocycles. The van der Waals surface area contributed by atoms with E-state index in [4.69, 9.17) is 5.11 Å². The van der Waals surface area contributed by atoms with Crippen molar-refractivity contribution < 1.29 is 9.90 Å². The van der Waals surface area contributed by atoms with Crippen molar-refractivity contribution in [2.24, 2.45) is 0 Å². The second-order valence-corrected chi connectivity index (χ2v) is 4.54. The van der Waals surface area contributed by atoms with E-state index in [1.807, 2.05) is 18.2 Å². The highest BCUT2D eigenvalue weighted by molar-refractivity contribution is 5.87. The SMILES string of the molecule is Cc1ccccc1CNCc1cccc(C(=O)O)c1. The fourth-order valence-electron chi connectivity index (χ4n) is 1.96. The molecular formula is C16H17NO2. The zero-order valence-corrected chi connectivity index (χ0v) is 10.9. The average Bonchev–Trinajstić information content (AvgIpc) is 2.41. The molecule has 0 aromatic heterocycles. The van der Waals surface area contributed by atoms with E-state index in [9.17, 15) is 4.79 Å². The maximum absolute atomic E-state index is 10.9. The molecule has 19 heavy (non-hydrogen) atoms. The lowest BCUT2D eigenvalue weighted by atomic mass is 10.1. The van der Waals surface area contributed by atoms with Gasteiger partial charge in [-0.25, -0.2) is 4.79 Å². The van der Waals surface area contributed by atoms with Gasteiger partial charge in [0.2, 0.25) is 0 Å². The minimum absolute atomic E-state index is 0.329. The lowest BCUT2D eigenvalue weighted by Gasteiger charge is -2.08. The maximum atomic E-state index is 10.9. The van der Waals surface area contributed by atoms with Crippen LogP contribution in [-0.4, -0.2) is 11.1 Å². The van der Waals surface area contributed by atoms with Gasteiger partial charge in [0.05, 0.1) is 5.56 Å². The van der Waals surface area contributed by atoms with Crippen molar-refractivity contribution in [2.75, 3.05) is 0 Å². The monoisotopic (exact) mass is 255 g/mol. The molecule has 0 atom stereocenters. The van der Waals surface area contributed by atoms with Crippen LogP contribution in [0.2, 0.25) is 0 Å². The molecule has 0 aliphatic heterocycles. The van der Waals surface area contributed by atoms with Crippen molar-refractivity contribution in [3.63, 3.8) is 0 Å². The molecule has 3 heteroatoms. The number of carboxylic acids is 1. The fourth-order valence-corrected chi connectivity index (χ4v) is 1.96. The predicted molar refractivity (Wildman–Crippen MR) is 75.1 cm³/mol. The van der Waals surface area contributed by atoms with Crippen LogP contribution in [0.25, 0.3) is 0 Å². The maximum Gasteiger partial charge on any atom is 0.335 e. The molecule has 0 saturated carbocycles. The first-order valence-electron chi connectivity index (χ1n) is 6.24. The Morgan fingerprint density at radius 2 is 1.89 bits per heavy atom. The number of aromatic carboxylic acids is 1. The van der Waals surface area contributed by atoms with E-state index in [-0.39, 0.29) is 0 Å². The van der Waals surface area contributed by atoms with Crippen LogP contribution in [-0.2, 0) is 13.1 Å². The fraction of sp³-hybridized carbons (Fsp3) is 0.188. The molecule has 0 heterocycles. The summed E-state index contributed by atoms with van der Waals surface area (Å²) in [4.78, 5) is 10.9. The number of rotatable bonds is 5. The van der Waals surface area contributed by atoms with Gasteiger partial charge in [-0.3, -0.25) is 0 Å². The molecule has 2 N–H and O–H groups in total. The Morgan fingerprint density at radius 3 is 2.63 bits per heavy atom. The minimum Gasteiger partial charge on any atom is -0.478 e. The molecule has 0 unspecified atom stereocenters. The van der Waals surface area contributed by atoms with Crippen LogP contribution in [0.4, 0.5) is 0 Å². The summed E-state index contributed by atoms with van der Waals surface area (Å²) in [5.41, 5.74) is 3.83. The molecule has 0 fully saturated rings. The largest absolute Gasteiger partial charge is 0.478 e. The summed E-state index contributed by atoms with van der Waals surface area (Å²) in [7, 11) is 0.